The zero-order valence-electron chi connectivity index (χ0n) is 40.0. The number of nitrogens with one attached hydrogen (secondary N) is 3. The molecule has 0 bridgehead atoms. The van der Waals surface area contributed by atoms with Gasteiger partial charge < -0.3 is 29.8 Å². The van der Waals surface area contributed by atoms with E-state index in [0.717, 1.165) is 63.2 Å². The fourth-order valence-corrected chi connectivity index (χ4v) is 12.0. The van der Waals surface area contributed by atoms with E-state index >= 15 is 0 Å². The van der Waals surface area contributed by atoms with Gasteiger partial charge in [0.1, 0.15) is 22.1 Å². The Morgan fingerprint density at radius 2 is 1.77 bits per heavy atom. The number of carbonyl (C=O) groups excluding carboxylic acids is 1. The molecule has 4 aliphatic rings. The van der Waals surface area contributed by atoms with E-state index < -0.39 is 42.9 Å². The maximum atomic E-state index is 14.9. The van der Waals surface area contributed by atoms with E-state index in [-0.39, 0.29) is 63.1 Å². The average Bonchev–Trinajstić information content (AvgIpc) is 3.93. The molecule has 16 nitrogen and oxygen atoms in total. The molecule has 4 fully saturated rings. The van der Waals surface area contributed by atoms with Gasteiger partial charge in [0.05, 0.1) is 34.3 Å². The van der Waals surface area contributed by atoms with Gasteiger partial charge in [0.15, 0.2) is 5.75 Å². The van der Waals surface area contributed by atoms with Crippen LogP contribution in [-0.4, -0.2) is 95.2 Å². The molecular formula is C51H63FN8O8S. The summed E-state index contributed by atoms with van der Waals surface area (Å²) < 4.78 is 56.8. The molecule has 5 aromatic rings. The zero-order chi connectivity index (χ0) is 48.9. The Hall–Kier alpha value is -5.85. The van der Waals surface area contributed by atoms with Gasteiger partial charge in [-0.2, -0.15) is 4.98 Å². The molecule has 2 aliphatic heterocycles. The van der Waals surface area contributed by atoms with Gasteiger partial charge in [0, 0.05) is 68.8 Å². The second-order valence-corrected chi connectivity index (χ2v) is 22.6. The van der Waals surface area contributed by atoms with Crippen LogP contribution in [0.1, 0.15) is 120 Å². The normalized spacial score (nSPS) is 22.9. The van der Waals surface area contributed by atoms with E-state index in [1.54, 1.807) is 26.0 Å². The summed E-state index contributed by atoms with van der Waals surface area (Å²) >= 11 is 0. The molecule has 9 rings (SSSR count). The minimum Gasteiger partial charge on any atom is -0.475 e. The number of anilines is 2. The number of benzene rings is 2. The van der Waals surface area contributed by atoms with Crippen LogP contribution in [-0.2, 0) is 15.4 Å². The third kappa shape index (κ3) is 10.1. The van der Waals surface area contributed by atoms with Gasteiger partial charge in [-0.3, -0.25) is 19.8 Å². The van der Waals surface area contributed by atoms with Gasteiger partial charge in [-0.15, -0.1) is 0 Å². The maximum Gasteiger partial charge on any atom is 0.312 e. The summed E-state index contributed by atoms with van der Waals surface area (Å²) in [5.74, 6) is -1.11. The number of fused-ring (bicyclic) bond motifs is 1. The number of pyridine rings is 2. The van der Waals surface area contributed by atoms with Crippen molar-refractivity contribution in [1.82, 2.24) is 24.6 Å². The molecule has 4 N–H and O–H groups in total. The Labute approximate surface area is 402 Å². The molecule has 2 saturated heterocycles. The van der Waals surface area contributed by atoms with Gasteiger partial charge >= 0.3 is 5.69 Å². The quantitative estimate of drug-likeness (QED) is 0.0606. The molecule has 1 amide bonds. The number of aliphatic hydroxyl groups is 1. The topological polar surface area (TPSA) is 205 Å². The number of nitrogens with zero attached hydrogens (tertiary/aromatic N) is 5. The van der Waals surface area contributed by atoms with Crippen molar-refractivity contribution in [2.24, 2.45) is 11.3 Å². The van der Waals surface area contributed by atoms with Crippen LogP contribution in [0.4, 0.5) is 21.6 Å². The molecule has 2 aliphatic carbocycles. The smallest absolute Gasteiger partial charge is 0.312 e. The lowest BCUT2D eigenvalue weighted by atomic mass is 9.70. The number of hydrogen-bond donors (Lipinski definition) is 4. The summed E-state index contributed by atoms with van der Waals surface area (Å²) in [6.07, 6.45) is 10.3. The van der Waals surface area contributed by atoms with Crippen LogP contribution in [0, 0.1) is 27.3 Å². The number of aromatic nitrogens is 3. The monoisotopic (exact) mass is 966 g/mol. The maximum absolute atomic E-state index is 14.9. The molecular weight excluding hydrogens is 904 g/mol. The van der Waals surface area contributed by atoms with Gasteiger partial charge in [-0.05, 0) is 111 Å². The summed E-state index contributed by atoms with van der Waals surface area (Å²) in [5, 5.41) is 25.6. The summed E-state index contributed by atoms with van der Waals surface area (Å²) in [6.45, 7) is 14.6. The Morgan fingerprint density at radius 1 is 1.03 bits per heavy atom. The van der Waals surface area contributed by atoms with Crippen molar-refractivity contribution in [2.45, 2.75) is 120 Å². The van der Waals surface area contributed by atoms with Crippen molar-refractivity contribution in [3.05, 3.63) is 99.6 Å². The Bertz CT molecular complexity index is 2840. The molecule has 2 atom stereocenters. The Morgan fingerprint density at radius 3 is 2.48 bits per heavy atom. The van der Waals surface area contributed by atoms with Crippen molar-refractivity contribution >= 4 is 44.2 Å². The van der Waals surface area contributed by atoms with Gasteiger partial charge in [-0.25, -0.2) is 22.5 Å². The first-order valence-corrected chi connectivity index (χ1v) is 25.7. The average molecular weight is 967 g/mol. The first-order valence-electron chi connectivity index (χ1n) is 24.2. The molecule has 18 heteroatoms. The standard InChI is InChI=1S/C51H63FN8O8S/c1-6-67-48-44(26-38-40(52)29-55-45(38)56-48)68-43-24-33(58-22-20-51(21-23-58)30-59(31-51)41-13-9-11-36(41)35-10-7-8-12-39(35)49(2,3)4)14-15-37(43)47(61)57-69(65,66)34-25-42(60(63)64)46(54-28-34)53-27-32-16-18-50(5,62)19-17-32/h7-8,10,12,14-15,24-26,28-29,32,36,41,62H,6,9,11,13,16-23,27,30-31H2,1-5H3,(H,53,54)(H,55,56)(H,57,61)/t32-,36-,41-,50-/m0/s1. The molecule has 2 aromatic carbocycles. The highest BCUT2D eigenvalue weighted by Gasteiger charge is 2.49. The molecule has 69 heavy (non-hydrogen) atoms. The highest BCUT2D eigenvalue weighted by Crippen LogP contribution is 2.49. The summed E-state index contributed by atoms with van der Waals surface area (Å²) in [5.41, 5.74) is 2.67. The van der Waals surface area contributed by atoms with Crippen LogP contribution >= 0.6 is 0 Å². The minimum atomic E-state index is -4.72. The van der Waals surface area contributed by atoms with Crippen molar-refractivity contribution < 1.29 is 37.1 Å². The number of piperidine rings is 1. The molecule has 0 unspecified atom stereocenters. The first kappa shape index (κ1) is 48.2. The second-order valence-electron chi connectivity index (χ2n) is 20.9. The number of sulfonamides is 1. The number of ether oxygens (including phenoxy) is 2. The van der Waals surface area contributed by atoms with E-state index in [9.17, 15) is 32.8 Å². The van der Waals surface area contributed by atoms with E-state index in [1.807, 2.05) is 0 Å². The number of aromatic amines is 1. The molecule has 3 aromatic heterocycles. The third-order valence-corrected chi connectivity index (χ3v) is 16.3. The number of likely N-dealkylation sites (tertiary alicyclic amines) is 1. The van der Waals surface area contributed by atoms with E-state index in [2.05, 4.69) is 79.8 Å². The minimum absolute atomic E-state index is 0.000855. The lowest BCUT2D eigenvalue weighted by Gasteiger charge is -2.57. The van der Waals surface area contributed by atoms with Crippen LogP contribution in [0.3, 0.4) is 0 Å². The fraction of sp³-hybridized carbons (Fsp3) is 0.510. The number of carbonyl (C=O) groups is 1. The number of amides is 1. The molecule has 368 valence electrons. The molecule has 5 heterocycles. The largest absolute Gasteiger partial charge is 0.475 e. The number of halogens is 1. The predicted octanol–water partition coefficient (Wildman–Crippen LogP) is 9.20. The summed E-state index contributed by atoms with van der Waals surface area (Å²) in [7, 11) is -4.72. The lowest BCUT2D eigenvalue weighted by Crippen LogP contribution is -2.63. The van der Waals surface area contributed by atoms with Crippen molar-refractivity contribution in [3.63, 3.8) is 0 Å². The third-order valence-electron chi connectivity index (χ3n) is 15.0. The first-order chi connectivity index (χ1) is 32.8. The Balaban J connectivity index is 0.934. The van der Waals surface area contributed by atoms with Crippen LogP contribution in [0.2, 0.25) is 0 Å². The summed E-state index contributed by atoms with van der Waals surface area (Å²) in [4.78, 5) is 41.2. The highest BCUT2D eigenvalue weighted by molar-refractivity contribution is 7.90. The lowest BCUT2D eigenvalue weighted by molar-refractivity contribution is -0.384. The summed E-state index contributed by atoms with van der Waals surface area (Å²) in [6, 6.07) is 16.6. The number of rotatable bonds is 14. The van der Waals surface area contributed by atoms with Crippen LogP contribution in [0.5, 0.6) is 17.4 Å². The number of hydrogen-bond acceptors (Lipinski definition) is 13. The van der Waals surface area contributed by atoms with Gasteiger partial charge in [0.2, 0.25) is 5.82 Å². The molecule has 1 spiro atoms. The highest BCUT2D eigenvalue weighted by atomic mass is 32.2. The molecule has 2 saturated carbocycles. The van der Waals surface area contributed by atoms with Crippen molar-refractivity contribution in [3.8, 4) is 17.4 Å². The second kappa shape index (κ2) is 18.8. The fourth-order valence-electron chi connectivity index (χ4n) is 11.1. The molecule has 0 radical (unpaired) electrons. The van der Waals surface area contributed by atoms with Gasteiger partial charge in [-0.1, -0.05) is 51.5 Å². The van der Waals surface area contributed by atoms with E-state index in [1.165, 1.54) is 42.5 Å². The van der Waals surface area contributed by atoms with Crippen LogP contribution in [0.25, 0.3) is 11.0 Å². The van der Waals surface area contributed by atoms with Crippen LogP contribution in [0.15, 0.2) is 71.9 Å². The number of H-pyrrole nitrogens is 1. The van der Waals surface area contributed by atoms with Crippen molar-refractivity contribution in [2.75, 3.05) is 49.5 Å². The Kier molecular flexibility index (Phi) is 13.1. The van der Waals surface area contributed by atoms with E-state index in [0.29, 0.717) is 44.2 Å². The van der Waals surface area contributed by atoms with Gasteiger partial charge in [0.25, 0.3) is 21.8 Å². The number of nitro groups is 1. The van der Waals surface area contributed by atoms with E-state index in [4.69, 9.17) is 9.47 Å². The SMILES string of the molecule is CCOc1nc2[nH]cc(F)c2cc1Oc1cc(N2CCC3(CC2)CN([C@H]2CCC[C@H]2c2ccccc2C(C)(C)C)C3)ccc1C(=O)NS(=O)(=O)c1cnc(NC[C@H]2CC[C@](C)(O)CC2)c([N+](=O)[O-])c1. The zero-order valence-corrected chi connectivity index (χ0v) is 40.8. The predicted molar refractivity (Wildman–Crippen MR) is 261 cm³/mol. The van der Waals surface area contributed by atoms with Crippen molar-refractivity contribution in [1.29, 1.82) is 0 Å². The van der Waals surface area contributed by atoms with Crippen LogP contribution < -0.4 is 24.4 Å².